The number of rotatable bonds is 1. The molecule has 0 fully saturated rings. The molecule has 2 aromatic carbocycles. The van der Waals surface area contributed by atoms with Gasteiger partial charge in [-0.3, -0.25) is 9.79 Å². The Labute approximate surface area is 128 Å². The van der Waals surface area contributed by atoms with Gasteiger partial charge < -0.3 is 10.1 Å². The average molecular weight is 292 g/mol. The van der Waals surface area contributed by atoms with Crippen molar-refractivity contribution in [2.75, 3.05) is 6.54 Å². The van der Waals surface area contributed by atoms with Gasteiger partial charge in [0.1, 0.15) is 11.8 Å². The molecule has 0 bridgehead atoms. The third-order valence-corrected chi connectivity index (χ3v) is 4.09. The summed E-state index contributed by atoms with van der Waals surface area (Å²) in [5.41, 5.74) is 2.97. The Morgan fingerprint density at radius 2 is 1.82 bits per heavy atom. The first-order valence-corrected chi connectivity index (χ1v) is 7.47. The molecule has 1 amide bonds. The Morgan fingerprint density at radius 1 is 1.05 bits per heavy atom. The molecule has 2 heterocycles. The highest BCUT2D eigenvalue weighted by atomic mass is 16.5. The van der Waals surface area contributed by atoms with Gasteiger partial charge in [-0.05, 0) is 11.6 Å². The van der Waals surface area contributed by atoms with Crippen LogP contribution in [0.25, 0.3) is 0 Å². The van der Waals surface area contributed by atoms with Crippen LogP contribution in [0.15, 0.2) is 59.6 Å². The molecule has 0 saturated heterocycles. The van der Waals surface area contributed by atoms with Gasteiger partial charge in [-0.2, -0.15) is 0 Å². The molecule has 0 saturated carbocycles. The van der Waals surface area contributed by atoms with Crippen molar-refractivity contribution >= 4 is 11.6 Å². The van der Waals surface area contributed by atoms with Crippen LogP contribution in [0.3, 0.4) is 0 Å². The summed E-state index contributed by atoms with van der Waals surface area (Å²) in [7, 11) is 0. The van der Waals surface area contributed by atoms with Crippen LogP contribution in [0.4, 0.5) is 0 Å². The van der Waals surface area contributed by atoms with E-state index < -0.39 is 0 Å². The van der Waals surface area contributed by atoms with E-state index in [4.69, 9.17) is 4.74 Å². The molecule has 4 nitrogen and oxygen atoms in total. The predicted octanol–water partition coefficient (Wildman–Crippen LogP) is 2.50. The van der Waals surface area contributed by atoms with Crippen LogP contribution in [-0.2, 0) is 4.79 Å². The number of hydrogen-bond acceptors (Lipinski definition) is 3. The maximum Gasteiger partial charge on any atom is 0.222 e. The van der Waals surface area contributed by atoms with Crippen LogP contribution in [0.2, 0.25) is 0 Å². The van der Waals surface area contributed by atoms with Crippen molar-refractivity contribution in [1.29, 1.82) is 0 Å². The van der Waals surface area contributed by atoms with Gasteiger partial charge in [0.05, 0.1) is 5.71 Å². The maximum absolute atomic E-state index is 12.0. The van der Waals surface area contributed by atoms with Gasteiger partial charge in [-0.25, -0.2) is 0 Å². The molecule has 0 aliphatic carbocycles. The van der Waals surface area contributed by atoms with Gasteiger partial charge in [0, 0.05) is 18.5 Å². The van der Waals surface area contributed by atoms with Crippen molar-refractivity contribution in [3.8, 4) is 5.75 Å². The molecule has 2 aromatic rings. The highest BCUT2D eigenvalue weighted by Gasteiger charge is 2.39. The molecule has 1 N–H and O–H groups in total. The van der Waals surface area contributed by atoms with Gasteiger partial charge in [0.15, 0.2) is 6.10 Å². The molecule has 2 atom stereocenters. The molecule has 4 heteroatoms. The number of carbonyl (C=O) groups is 1. The van der Waals surface area contributed by atoms with Crippen LogP contribution in [-0.4, -0.2) is 24.3 Å². The van der Waals surface area contributed by atoms with Gasteiger partial charge in [0.2, 0.25) is 5.91 Å². The normalized spacial score (nSPS) is 23.3. The summed E-state index contributed by atoms with van der Waals surface area (Å²) in [5, 5.41) is 3.09. The molecule has 0 spiro atoms. The minimum absolute atomic E-state index is 0.0196. The molecular formula is C18H16N2O2. The van der Waals surface area contributed by atoms with Crippen LogP contribution in [0.1, 0.15) is 23.6 Å². The molecular weight excluding hydrogens is 276 g/mol. The Morgan fingerprint density at radius 3 is 2.68 bits per heavy atom. The van der Waals surface area contributed by atoms with Crippen molar-refractivity contribution in [3.63, 3.8) is 0 Å². The smallest absolute Gasteiger partial charge is 0.222 e. The van der Waals surface area contributed by atoms with E-state index in [2.05, 4.69) is 10.3 Å². The summed E-state index contributed by atoms with van der Waals surface area (Å²) in [6.07, 6.45) is 0.130. The molecule has 2 aliphatic rings. The fraction of sp³-hybridized carbons (Fsp3) is 0.222. The van der Waals surface area contributed by atoms with Crippen LogP contribution in [0.5, 0.6) is 5.75 Å². The Balaban J connectivity index is 1.80. The molecule has 0 radical (unpaired) electrons. The van der Waals surface area contributed by atoms with Crippen molar-refractivity contribution in [1.82, 2.24) is 5.32 Å². The van der Waals surface area contributed by atoms with E-state index in [9.17, 15) is 4.79 Å². The third kappa shape index (κ3) is 2.17. The van der Waals surface area contributed by atoms with E-state index in [0.29, 0.717) is 13.0 Å². The fourth-order valence-electron chi connectivity index (χ4n) is 3.06. The van der Waals surface area contributed by atoms with E-state index in [1.165, 1.54) is 0 Å². The van der Waals surface area contributed by atoms with E-state index in [-0.39, 0.29) is 18.1 Å². The minimum Gasteiger partial charge on any atom is -0.481 e. The number of nitrogens with zero attached hydrogens (tertiary/aromatic N) is 1. The zero-order valence-electron chi connectivity index (χ0n) is 12.0. The summed E-state index contributed by atoms with van der Waals surface area (Å²) in [6.45, 7) is 0.485. The number of hydrogen-bond donors (Lipinski definition) is 1. The van der Waals surface area contributed by atoms with Crippen LogP contribution in [0, 0.1) is 0 Å². The van der Waals surface area contributed by atoms with E-state index in [1.807, 2.05) is 54.6 Å². The minimum atomic E-state index is -0.274. The first-order chi connectivity index (χ1) is 10.8. The lowest BCUT2D eigenvalue weighted by molar-refractivity contribution is -0.122. The monoisotopic (exact) mass is 292 g/mol. The van der Waals surface area contributed by atoms with Crippen molar-refractivity contribution in [2.45, 2.75) is 18.6 Å². The van der Waals surface area contributed by atoms with E-state index in [1.54, 1.807) is 0 Å². The maximum atomic E-state index is 12.0. The lowest BCUT2D eigenvalue weighted by atomic mass is 9.95. The fourth-order valence-corrected chi connectivity index (χ4v) is 3.06. The summed E-state index contributed by atoms with van der Waals surface area (Å²) in [4.78, 5) is 16.7. The highest BCUT2D eigenvalue weighted by Crippen LogP contribution is 2.38. The SMILES string of the molecule is O=C1CCN=C(c2ccccc2)C2Oc3ccccc3C2N1. The Bertz CT molecular complexity index is 740. The predicted molar refractivity (Wildman–Crippen MR) is 84.2 cm³/mol. The molecule has 4 rings (SSSR count). The number of benzene rings is 2. The number of nitrogens with one attached hydrogen (secondary N) is 1. The summed E-state index contributed by atoms with van der Waals surface area (Å²) in [5.74, 6) is 0.842. The first-order valence-electron chi connectivity index (χ1n) is 7.47. The van der Waals surface area contributed by atoms with Gasteiger partial charge in [0.25, 0.3) is 0 Å². The van der Waals surface area contributed by atoms with Gasteiger partial charge in [-0.15, -0.1) is 0 Å². The van der Waals surface area contributed by atoms with Gasteiger partial charge in [-0.1, -0.05) is 48.5 Å². The van der Waals surface area contributed by atoms with Gasteiger partial charge >= 0.3 is 0 Å². The number of fused-ring (bicyclic) bond motifs is 3. The number of aliphatic imine (C=N–C) groups is 1. The molecule has 2 aliphatic heterocycles. The second-order valence-corrected chi connectivity index (χ2v) is 5.50. The summed E-state index contributed by atoms with van der Waals surface area (Å²) < 4.78 is 6.12. The van der Waals surface area contributed by atoms with Crippen LogP contribution < -0.4 is 10.1 Å². The number of carbonyl (C=O) groups excluding carboxylic acids is 1. The van der Waals surface area contributed by atoms with Crippen molar-refractivity contribution < 1.29 is 9.53 Å². The second kappa shape index (κ2) is 5.30. The quantitative estimate of drug-likeness (QED) is 0.878. The number of ether oxygens (including phenoxy) is 1. The average Bonchev–Trinajstić information content (AvgIpc) is 2.89. The number of para-hydroxylation sites is 1. The summed E-state index contributed by atoms with van der Waals surface area (Å²) >= 11 is 0. The largest absolute Gasteiger partial charge is 0.481 e. The molecule has 2 unspecified atom stereocenters. The third-order valence-electron chi connectivity index (χ3n) is 4.09. The molecule has 0 aromatic heterocycles. The standard InChI is InChI=1S/C18H16N2O2/c21-15-10-11-19-16(12-6-2-1-3-7-12)18-17(20-15)13-8-4-5-9-14(13)22-18/h1-9,17-18H,10-11H2,(H,20,21). The molecule has 22 heavy (non-hydrogen) atoms. The van der Waals surface area contributed by atoms with E-state index in [0.717, 1.165) is 22.6 Å². The zero-order valence-corrected chi connectivity index (χ0v) is 12.0. The topological polar surface area (TPSA) is 50.7 Å². The van der Waals surface area contributed by atoms with Crippen LogP contribution >= 0.6 is 0 Å². The Hall–Kier alpha value is -2.62. The lowest BCUT2D eigenvalue weighted by Gasteiger charge is -2.24. The summed E-state index contributed by atoms with van der Waals surface area (Å²) in [6, 6.07) is 17.7. The first kappa shape index (κ1) is 13.1. The van der Waals surface area contributed by atoms with Crippen molar-refractivity contribution in [2.24, 2.45) is 4.99 Å². The Kier molecular flexibility index (Phi) is 3.15. The lowest BCUT2D eigenvalue weighted by Crippen LogP contribution is -2.42. The second-order valence-electron chi connectivity index (χ2n) is 5.50. The molecule has 110 valence electrons. The number of amides is 1. The zero-order chi connectivity index (χ0) is 14.9. The van der Waals surface area contributed by atoms with Crippen molar-refractivity contribution in [3.05, 3.63) is 65.7 Å². The van der Waals surface area contributed by atoms with E-state index >= 15 is 0 Å². The highest BCUT2D eigenvalue weighted by molar-refractivity contribution is 6.05.